The van der Waals surface area contributed by atoms with Gasteiger partial charge in [-0.2, -0.15) is 0 Å². The number of hydrogen-bond donors (Lipinski definition) is 1. The van der Waals surface area contributed by atoms with Gasteiger partial charge in [0, 0.05) is 21.8 Å². The Morgan fingerprint density at radius 2 is 1.71 bits per heavy atom. The van der Waals surface area contributed by atoms with Crippen LogP contribution >= 0.6 is 23.2 Å². The van der Waals surface area contributed by atoms with Gasteiger partial charge >= 0.3 is 5.97 Å². The third kappa shape index (κ3) is 5.72. The van der Waals surface area contributed by atoms with Crippen molar-refractivity contribution in [2.45, 2.75) is 13.0 Å². The quantitative estimate of drug-likeness (QED) is 0.624. The van der Waals surface area contributed by atoms with Gasteiger partial charge in [0.15, 0.2) is 6.10 Å². The second-order valence-electron chi connectivity index (χ2n) is 4.97. The smallest absolute Gasteiger partial charge is 0.331 e. The van der Waals surface area contributed by atoms with E-state index in [-0.39, 0.29) is 0 Å². The Balaban J connectivity index is 1.91. The van der Waals surface area contributed by atoms with Gasteiger partial charge in [0.25, 0.3) is 5.91 Å². The molecule has 0 saturated carbocycles. The number of carbonyl (C=O) groups is 2. The summed E-state index contributed by atoms with van der Waals surface area (Å²) in [4.78, 5) is 23.8. The number of anilines is 1. The van der Waals surface area contributed by atoms with E-state index in [0.29, 0.717) is 15.7 Å². The van der Waals surface area contributed by atoms with E-state index in [0.717, 1.165) is 5.56 Å². The molecule has 0 saturated heterocycles. The molecule has 2 aromatic rings. The van der Waals surface area contributed by atoms with Gasteiger partial charge in [-0.15, -0.1) is 0 Å². The third-order valence-electron chi connectivity index (χ3n) is 3.00. The molecule has 1 atom stereocenters. The number of esters is 1. The van der Waals surface area contributed by atoms with E-state index < -0.39 is 18.0 Å². The predicted octanol–water partition coefficient (Wildman–Crippen LogP) is 4.58. The number of ether oxygens (including phenoxy) is 1. The van der Waals surface area contributed by atoms with Gasteiger partial charge in [0.05, 0.1) is 0 Å². The van der Waals surface area contributed by atoms with Crippen LogP contribution in [-0.4, -0.2) is 18.0 Å². The van der Waals surface area contributed by atoms with Gasteiger partial charge in [-0.05, 0) is 36.8 Å². The molecule has 2 rings (SSSR count). The molecule has 0 spiro atoms. The molecule has 0 aliphatic carbocycles. The minimum absolute atomic E-state index is 0.397. The summed E-state index contributed by atoms with van der Waals surface area (Å²) in [6, 6.07) is 13.9. The van der Waals surface area contributed by atoms with Crippen LogP contribution in [0.3, 0.4) is 0 Å². The normalized spacial score (nSPS) is 12.0. The summed E-state index contributed by atoms with van der Waals surface area (Å²) in [5, 5.41) is 3.39. The Hall–Kier alpha value is -2.30. The lowest BCUT2D eigenvalue weighted by Crippen LogP contribution is -2.29. The number of nitrogens with one attached hydrogen (secondary N) is 1. The first kappa shape index (κ1) is 18.0. The van der Waals surface area contributed by atoms with Crippen LogP contribution in [0.25, 0.3) is 6.08 Å². The van der Waals surface area contributed by atoms with Crippen LogP contribution in [0.1, 0.15) is 12.5 Å². The number of amides is 1. The third-order valence-corrected chi connectivity index (χ3v) is 3.44. The van der Waals surface area contributed by atoms with Gasteiger partial charge in [-0.3, -0.25) is 4.79 Å². The number of halogens is 2. The molecular weight excluding hydrogens is 349 g/mol. The van der Waals surface area contributed by atoms with Gasteiger partial charge in [-0.1, -0.05) is 53.5 Å². The zero-order valence-electron chi connectivity index (χ0n) is 12.8. The highest BCUT2D eigenvalue weighted by atomic mass is 35.5. The van der Waals surface area contributed by atoms with Crippen LogP contribution < -0.4 is 5.32 Å². The molecule has 1 amide bonds. The van der Waals surface area contributed by atoms with Crippen molar-refractivity contribution in [3.05, 3.63) is 70.2 Å². The molecule has 4 nitrogen and oxygen atoms in total. The van der Waals surface area contributed by atoms with E-state index in [1.165, 1.54) is 13.0 Å². The molecule has 2 aromatic carbocycles. The van der Waals surface area contributed by atoms with Crippen molar-refractivity contribution in [3.63, 3.8) is 0 Å². The topological polar surface area (TPSA) is 55.4 Å². The number of carbonyl (C=O) groups excluding carboxylic acids is 2. The number of benzene rings is 2. The molecule has 1 unspecified atom stereocenters. The van der Waals surface area contributed by atoms with E-state index in [9.17, 15) is 9.59 Å². The van der Waals surface area contributed by atoms with Crippen molar-refractivity contribution in [1.29, 1.82) is 0 Å². The fraction of sp³-hybridized carbons (Fsp3) is 0.111. The highest BCUT2D eigenvalue weighted by molar-refractivity contribution is 6.35. The lowest BCUT2D eigenvalue weighted by atomic mass is 10.2. The fourth-order valence-corrected chi connectivity index (χ4v) is 2.39. The Labute approximate surface area is 150 Å². The molecule has 0 aliphatic rings. The zero-order chi connectivity index (χ0) is 17.5. The van der Waals surface area contributed by atoms with Crippen molar-refractivity contribution >= 4 is 46.8 Å². The van der Waals surface area contributed by atoms with E-state index in [1.807, 2.05) is 30.3 Å². The highest BCUT2D eigenvalue weighted by Crippen LogP contribution is 2.22. The molecule has 0 fully saturated rings. The monoisotopic (exact) mass is 363 g/mol. The van der Waals surface area contributed by atoms with Crippen LogP contribution in [0.2, 0.25) is 10.0 Å². The van der Waals surface area contributed by atoms with Gasteiger partial charge in [0.2, 0.25) is 0 Å². The van der Waals surface area contributed by atoms with Crippen LogP contribution in [0.15, 0.2) is 54.6 Å². The van der Waals surface area contributed by atoms with Crippen LogP contribution in [0.5, 0.6) is 0 Å². The Bertz CT molecular complexity index is 740. The number of hydrogen-bond acceptors (Lipinski definition) is 3. The first-order valence-corrected chi connectivity index (χ1v) is 7.90. The number of rotatable bonds is 5. The largest absolute Gasteiger partial charge is 0.449 e. The first-order valence-electron chi connectivity index (χ1n) is 7.15. The summed E-state index contributed by atoms with van der Waals surface area (Å²) in [6.07, 6.45) is 1.93. The first-order chi connectivity index (χ1) is 11.4. The SMILES string of the molecule is CC(OC(=O)C=Cc1ccccc1)C(=O)Nc1cc(Cl)cc(Cl)c1. The van der Waals surface area contributed by atoms with Crippen molar-refractivity contribution in [1.82, 2.24) is 0 Å². The molecule has 124 valence electrons. The Morgan fingerprint density at radius 3 is 2.33 bits per heavy atom. The van der Waals surface area contributed by atoms with Crippen LogP contribution in [-0.2, 0) is 14.3 Å². The van der Waals surface area contributed by atoms with Crippen molar-refractivity contribution in [2.24, 2.45) is 0 Å². The maximum Gasteiger partial charge on any atom is 0.331 e. The van der Waals surface area contributed by atoms with E-state index in [2.05, 4.69) is 5.32 Å². The Morgan fingerprint density at radius 1 is 1.08 bits per heavy atom. The van der Waals surface area contributed by atoms with Crippen molar-refractivity contribution in [2.75, 3.05) is 5.32 Å². The Kier molecular flexibility index (Phi) is 6.41. The van der Waals surface area contributed by atoms with Gasteiger partial charge in [0.1, 0.15) is 0 Å². The lowest BCUT2D eigenvalue weighted by Gasteiger charge is -2.12. The summed E-state index contributed by atoms with van der Waals surface area (Å²) >= 11 is 11.7. The highest BCUT2D eigenvalue weighted by Gasteiger charge is 2.17. The lowest BCUT2D eigenvalue weighted by molar-refractivity contribution is -0.148. The standard InChI is InChI=1S/C18H15Cl2NO3/c1-12(18(23)21-16-10-14(19)9-15(20)11-16)24-17(22)8-7-13-5-3-2-4-6-13/h2-12H,1H3,(H,21,23). The van der Waals surface area contributed by atoms with Crippen molar-refractivity contribution in [3.8, 4) is 0 Å². The molecule has 6 heteroatoms. The minimum atomic E-state index is -0.962. The van der Waals surface area contributed by atoms with E-state index >= 15 is 0 Å². The van der Waals surface area contributed by atoms with E-state index in [4.69, 9.17) is 27.9 Å². The summed E-state index contributed by atoms with van der Waals surface area (Å²) in [6.45, 7) is 1.48. The molecular formula is C18H15Cl2NO3. The van der Waals surface area contributed by atoms with Gasteiger partial charge in [-0.25, -0.2) is 4.79 Å². The zero-order valence-corrected chi connectivity index (χ0v) is 14.3. The average Bonchev–Trinajstić information content (AvgIpc) is 2.53. The predicted molar refractivity (Wildman–Crippen MR) is 96.1 cm³/mol. The summed E-state index contributed by atoms with van der Waals surface area (Å²) in [5.41, 5.74) is 1.29. The molecule has 0 bridgehead atoms. The molecule has 0 aliphatic heterocycles. The summed E-state index contributed by atoms with van der Waals surface area (Å²) < 4.78 is 5.06. The molecule has 0 heterocycles. The molecule has 0 radical (unpaired) electrons. The van der Waals surface area contributed by atoms with Gasteiger partial charge < -0.3 is 10.1 Å². The summed E-state index contributed by atoms with van der Waals surface area (Å²) in [7, 11) is 0. The van der Waals surface area contributed by atoms with Crippen molar-refractivity contribution < 1.29 is 14.3 Å². The fourth-order valence-electron chi connectivity index (χ4n) is 1.87. The maximum absolute atomic E-state index is 12.0. The molecule has 1 N–H and O–H groups in total. The minimum Gasteiger partial charge on any atom is -0.449 e. The average molecular weight is 364 g/mol. The van der Waals surface area contributed by atoms with E-state index in [1.54, 1.807) is 24.3 Å². The maximum atomic E-state index is 12.0. The molecule has 24 heavy (non-hydrogen) atoms. The molecule has 0 aromatic heterocycles. The second kappa shape index (κ2) is 8.52. The summed E-state index contributed by atoms with van der Waals surface area (Å²) in [5.74, 6) is -1.08. The van der Waals surface area contributed by atoms with Crippen LogP contribution in [0.4, 0.5) is 5.69 Å². The second-order valence-corrected chi connectivity index (χ2v) is 5.84. The van der Waals surface area contributed by atoms with Crippen LogP contribution in [0, 0.1) is 0 Å².